The summed E-state index contributed by atoms with van der Waals surface area (Å²) in [5.41, 5.74) is 1.61. The summed E-state index contributed by atoms with van der Waals surface area (Å²) in [6.07, 6.45) is 1.60. The first-order valence-electron chi connectivity index (χ1n) is 11.7. The summed E-state index contributed by atoms with van der Waals surface area (Å²) < 4.78 is 49.6. The quantitative estimate of drug-likeness (QED) is 0.437. The Morgan fingerprint density at radius 1 is 1.15 bits per heavy atom. The smallest absolute Gasteiger partial charge is 0.308 e. The number of carbonyl (C=O) groups excluding carboxylic acids is 1. The number of hydrogen-bond acceptors (Lipinski definition) is 6. The van der Waals surface area contributed by atoms with Crippen LogP contribution in [0, 0.1) is 5.82 Å². The molecule has 0 radical (unpaired) electrons. The van der Waals surface area contributed by atoms with Crippen molar-refractivity contribution in [1.29, 1.82) is 0 Å². The molecule has 2 aromatic rings. The lowest BCUT2D eigenvalue weighted by molar-refractivity contribution is 0.0506. The van der Waals surface area contributed by atoms with Gasteiger partial charge in [0.05, 0.1) is 11.9 Å². The van der Waals surface area contributed by atoms with Crippen molar-refractivity contribution in [2.45, 2.75) is 46.3 Å². The topological polar surface area (TPSA) is 76.2 Å². The highest BCUT2D eigenvalue weighted by Crippen LogP contribution is 2.29. The molecule has 0 N–H and O–H groups in total. The maximum atomic E-state index is 13.8. The third-order valence-electron chi connectivity index (χ3n) is 5.92. The molecular formula is C25H33FN2O5S. The second-order valence-corrected chi connectivity index (χ2v) is 10.1. The van der Waals surface area contributed by atoms with E-state index in [4.69, 9.17) is 8.92 Å². The fourth-order valence-corrected chi connectivity index (χ4v) is 4.54. The Bertz CT molecular complexity index is 1080. The second-order valence-electron chi connectivity index (χ2n) is 8.23. The normalized spacial score (nSPS) is 15.8. The van der Waals surface area contributed by atoms with Gasteiger partial charge in [0, 0.05) is 55.7 Å². The van der Waals surface area contributed by atoms with Crippen LogP contribution in [0.4, 0.5) is 10.1 Å². The number of nitrogens with zero attached hydrogens (tertiary/aromatic N) is 2. The van der Waals surface area contributed by atoms with Gasteiger partial charge in [-0.2, -0.15) is 8.42 Å². The molecule has 186 valence electrons. The highest BCUT2D eigenvalue weighted by Gasteiger charge is 2.26. The van der Waals surface area contributed by atoms with E-state index in [9.17, 15) is 17.6 Å². The van der Waals surface area contributed by atoms with Crippen LogP contribution in [0.5, 0.6) is 5.75 Å². The van der Waals surface area contributed by atoms with Gasteiger partial charge in [0.1, 0.15) is 11.6 Å². The van der Waals surface area contributed by atoms with Crippen molar-refractivity contribution in [3.8, 4) is 5.75 Å². The van der Waals surface area contributed by atoms with Crippen LogP contribution in [0.3, 0.4) is 0 Å². The van der Waals surface area contributed by atoms with E-state index < -0.39 is 15.9 Å². The molecule has 1 aliphatic rings. The minimum Gasteiger partial charge on any atom is -0.382 e. The Labute approximate surface area is 201 Å². The average Bonchev–Trinajstić information content (AvgIpc) is 3.33. The lowest BCUT2D eigenvalue weighted by Crippen LogP contribution is -2.37. The zero-order valence-corrected chi connectivity index (χ0v) is 20.8. The summed E-state index contributed by atoms with van der Waals surface area (Å²) in [5, 5.41) is 0. The molecule has 0 bridgehead atoms. The number of rotatable bonds is 11. The zero-order chi connectivity index (χ0) is 24.7. The molecule has 3 rings (SSSR count). The first-order chi connectivity index (χ1) is 16.3. The van der Waals surface area contributed by atoms with Crippen LogP contribution >= 0.6 is 0 Å². The molecule has 0 saturated carbocycles. The maximum absolute atomic E-state index is 13.8. The van der Waals surface area contributed by atoms with Gasteiger partial charge < -0.3 is 18.7 Å². The van der Waals surface area contributed by atoms with E-state index in [-0.39, 0.29) is 35.6 Å². The molecule has 0 spiro atoms. The van der Waals surface area contributed by atoms with Crippen molar-refractivity contribution in [3.63, 3.8) is 0 Å². The number of carbonyl (C=O) groups is 1. The molecule has 1 saturated heterocycles. The summed E-state index contributed by atoms with van der Waals surface area (Å²) in [5.74, 6) is -0.837. The molecule has 34 heavy (non-hydrogen) atoms. The van der Waals surface area contributed by atoms with Crippen molar-refractivity contribution in [2.24, 2.45) is 0 Å². The lowest BCUT2D eigenvalue weighted by Gasteiger charge is -2.27. The third-order valence-corrected chi connectivity index (χ3v) is 7.06. The summed E-state index contributed by atoms with van der Waals surface area (Å²) in [6.45, 7) is 8.09. The van der Waals surface area contributed by atoms with Crippen molar-refractivity contribution in [3.05, 3.63) is 59.4 Å². The van der Waals surface area contributed by atoms with Gasteiger partial charge >= 0.3 is 10.1 Å². The largest absolute Gasteiger partial charge is 0.382 e. The van der Waals surface area contributed by atoms with Crippen molar-refractivity contribution < 1.29 is 26.5 Å². The van der Waals surface area contributed by atoms with Crippen LogP contribution in [0.15, 0.2) is 42.5 Å². The fourth-order valence-electron chi connectivity index (χ4n) is 4.00. The van der Waals surface area contributed by atoms with E-state index >= 15 is 0 Å². The molecule has 2 aromatic carbocycles. The van der Waals surface area contributed by atoms with E-state index in [1.165, 1.54) is 25.1 Å². The standard InChI is InChI=1S/C25H33FN2O5S/c1-4-27(5-2)22-13-12-20(24(16-22)33-34(30,31)6-3)17-28(18-23-11-8-14-32-23)25(29)19-9-7-10-21(26)15-19/h7,9-10,12-13,15-16,23H,4-6,8,11,14,17-18H2,1-3H3/t23-/m1/s1. The maximum Gasteiger partial charge on any atom is 0.308 e. The van der Waals surface area contributed by atoms with E-state index in [1.807, 2.05) is 19.9 Å². The molecule has 1 heterocycles. The second kappa shape index (κ2) is 11.7. The Hall–Kier alpha value is -2.65. The predicted octanol–water partition coefficient (Wildman–Crippen LogP) is 4.22. The zero-order valence-electron chi connectivity index (χ0n) is 20.0. The van der Waals surface area contributed by atoms with Gasteiger partial charge in [0.2, 0.25) is 0 Å². The molecule has 1 fully saturated rings. The molecule has 7 nitrogen and oxygen atoms in total. The van der Waals surface area contributed by atoms with E-state index in [0.29, 0.717) is 18.7 Å². The van der Waals surface area contributed by atoms with Gasteiger partial charge in [-0.15, -0.1) is 0 Å². The number of benzene rings is 2. The van der Waals surface area contributed by atoms with Gasteiger partial charge in [-0.3, -0.25) is 4.79 Å². The molecule has 1 aliphatic heterocycles. The Balaban J connectivity index is 1.98. The van der Waals surface area contributed by atoms with Crippen molar-refractivity contribution >= 4 is 21.7 Å². The van der Waals surface area contributed by atoms with Gasteiger partial charge in [0.25, 0.3) is 5.91 Å². The number of halogens is 1. The molecule has 0 unspecified atom stereocenters. The molecular weight excluding hydrogens is 459 g/mol. The number of amides is 1. The summed E-state index contributed by atoms with van der Waals surface area (Å²) >= 11 is 0. The minimum atomic E-state index is -3.78. The van der Waals surface area contributed by atoms with Crippen LogP contribution in [-0.2, 0) is 21.4 Å². The minimum absolute atomic E-state index is 0.0995. The van der Waals surface area contributed by atoms with Crippen LogP contribution in [0.25, 0.3) is 0 Å². The summed E-state index contributed by atoms with van der Waals surface area (Å²) in [7, 11) is -3.78. The van der Waals surface area contributed by atoms with Gasteiger partial charge in [-0.25, -0.2) is 4.39 Å². The number of ether oxygens (including phenoxy) is 1. The lowest BCUT2D eigenvalue weighted by atomic mass is 10.1. The van der Waals surface area contributed by atoms with Gasteiger partial charge in [-0.1, -0.05) is 12.1 Å². The fraction of sp³-hybridized carbons (Fsp3) is 0.480. The number of hydrogen-bond donors (Lipinski definition) is 0. The van der Waals surface area contributed by atoms with Crippen LogP contribution < -0.4 is 9.08 Å². The van der Waals surface area contributed by atoms with Crippen LogP contribution in [-0.4, -0.2) is 57.3 Å². The highest BCUT2D eigenvalue weighted by atomic mass is 32.2. The summed E-state index contributed by atoms with van der Waals surface area (Å²) in [4.78, 5) is 17.0. The Morgan fingerprint density at radius 3 is 2.53 bits per heavy atom. The van der Waals surface area contributed by atoms with Crippen molar-refractivity contribution in [2.75, 3.05) is 36.9 Å². The molecule has 1 atom stereocenters. The molecule has 1 amide bonds. The first-order valence-corrected chi connectivity index (χ1v) is 13.3. The SMILES string of the molecule is CCN(CC)c1ccc(CN(C[C@H]2CCCO2)C(=O)c2cccc(F)c2)c(OS(=O)(=O)CC)c1. The van der Waals surface area contributed by atoms with Crippen LogP contribution in [0.2, 0.25) is 0 Å². The summed E-state index contributed by atoms with van der Waals surface area (Å²) in [6, 6.07) is 10.9. The first kappa shape index (κ1) is 26.0. The van der Waals surface area contributed by atoms with Crippen molar-refractivity contribution in [1.82, 2.24) is 4.90 Å². The molecule has 9 heteroatoms. The Morgan fingerprint density at radius 2 is 1.91 bits per heavy atom. The van der Waals surface area contributed by atoms with Crippen LogP contribution in [0.1, 0.15) is 49.5 Å². The third kappa shape index (κ3) is 6.70. The van der Waals surface area contributed by atoms with E-state index in [1.54, 1.807) is 23.1 Å². The van der Waals surface area contributed by atoms with Gasteiger partial charge in [0.15, 0.2) is 0 Å². The average molecular weight is 493 g/mol. The molecule has 0 aliphatic carbocycles. The predicted molar refractivity (Wildman–Crippen MR) is 130 cm³/mol. The van der Waals surface area contributed by atoms with E-state index in [2.05, 4.69) is 4.90 Å². The highest BCUT2D eigenvalue weighted by molar-refractivity contribution is 7.87. The number of anilines is 1. The van der Waals surface area contributed by atoms with Gasteiger partial charge in [-0.05, 0) is 57.9 Å². The molecule has 0 aromatic heterocycles. The van der Waals surface area contributed by atoms with E-state index in [0.717, 1.165) is 31.6 Å². The monoisotopic (exact) mass is 492 g/mol. The Kier molecular flexibility index (Phi) is 8.90.